The molecule has 0 aliphatic rings. The van der Waals surface area contributed by atoms with E-state index >= 15 is 0 Å². The molecule has 86 valence electrons. The molecule has 0 aliphatic heterocycles. The van der Waals surface area contributed by atoms with Crippen molar-refractivity contribution in [2.24, 2.45) is 7.05 Å². The highest BCUT2D eigenvalue weighted by Gasteiger charge is 2.05. The maximum Gasteiger partial charge on any atom is 0.0964 e. The van der Waals surface area contributed by atoms with E-state index in [4.69, 9.17) is 0 Å². The van der Waals surface area contributed by atoms with Crippen LogP contribution in [0.25, 0.3) is 0 Å². The van der Waals surface area contributed by atoms with Crippen molar-refractivity contribution in [3.8, 4) is 0 Å². The zero-order valence-electron chi connectivity index (χ0n) is 9.55. The van der Waals surface area contributed by atoms with Crippen molar-refractivity contribution in [3.05, 3.63) is 34.3 Å². The second kappa shape index (κ2) is 5.23. The Labute approximate surface area is 99.3 Å². The summed E-state index contributed by atoms with van der Waals surface area (Å²) in [6.45, 7) is 2.97. The van der Waals surface area contributed by atoms with Crippen LogP contribution in [0.1, 0.15) is 17.5 Å². The van der Waals surface area contributed by atoms with Crippen LogP contribution in [-0.2, 0) is 20.0 Å². The van der Waals surface area contributed by atoms with Gasteiger partial charge in [0.05, 0.1) is 5.69 Å². The summed E-state index contributed by atoms with van der Waals surface area (Å²) in [7, 11) is 1.88. The van der Waals surface area contributed by atoms with Crippen LogP contribution in [0.5, 0.6) is 0 Å². The van der Waals surface area contributed by atoms with Crippen LogP contribution in [0.15, 0.2) is 23.7 Å². The van der Waals surface area contributed by atoms with Gasteiger partial charge >= 0.3 is 0 Å². The summed E-state index contributed by atoms with van der Waals surface area (Å²) in [6, 6.07) is 4.72. The lowest BCUT2D eigenvalue weighted by Crippen LogP contribution is -2.27. The van der Waals surface area contributed by atoms with Crippen LogP contribution in [-0.4, -0.2) is 21.0 Å². The van der Waals surface area contributed by atoms with E-state index in [1.807, 2.05) is 13.2 Å². The average molecular weight is 236 g/mol. The first kappa shape index (κ1) is 11.3. The summed E-state index contributed by atoms with van der Waals surface area (Å²) < 4.78 is 1.72. The fourth-order valence-corrected chi connectivity index (χ4v) is 2.39. The number of hydrogen-bond acceptors (Lipinski definition) is 4. The summed E-state index contributed by atoms with van der Waals surface area (Å²) in [5.74, 6) is 0. The highest BCUT2D eigenvalue weighted by atomic mass is 32.1. The summed E-state index contributed by atoms with van der Waals surface area (Å²) >= 11 is 1.80. The van der Waals surface area contributed by atoms with E-state index in [0.717, 1.165) is 18.7 Å². The molecule has 2 aromatic rings. The Morgan fingerprint density at radius 1 is 1.56 bits per heavy atom. The Kier molecular flexibility index (Phi) is 3.69. The molecule has 4 nitrogen and oxygen atoms in total. The Balaban J connectivity index is 1.77. The molecule has 0 radical (unpaired) electrons. The number of nitrogens with one attached hydrogen (secondary N) is 1. The van der Waals surface area contributed by atoms with Crippen molar-refractivity contribution in [3.63, 3.8) is 0 Å². The lowest BCUT2D eigenvalue weighted by molar-refractivity contribution is 0.542. The first-order chi connectivity index (χ1) is 7.74. The van der Waals surface area contributed by atoms with Gasteiger partial charge in [-0.1, -0.05) is 11.3 Å². The smallest absolute Gasteiger partial charge is 0.0964 e. The molecule has 2 rings (SSSR count). The van der Waals surface area contributed by atoms with E-state index in [0.29, 0.717) is 6.04 Å². The number of rotatable bonds is 5. The van der Waals surface area contributed by atoms with Gasteiger partial charge in [0, 0.05) is 30.7 Å². The molecule has 0 spiro atoms. The molecule has 0 saturated carbocycles. The first-order valence-electron chi connectivity index (χ1n) is 5.35. The highest BCUT2D eigenvalue weighted by Crippen LogP contribution is 2.11. The summed E-state index contributed by atoms with van der Waals surface area (Å²) in [4.78, 5) is 1.42. The third kappa shape index (κ3) is 3.15. The quantitative estimate of drug-likeness (QED) is 0.857. The maximum absolute atomic E-state index is 4.04. The molecule has 2 aromatic heterocycles. The van der Waals surface area contributed by atoms with Crippen LogP contribution < -0.4 is 5.32 Å². The minimum absolute atomic E-state index is 0.459. The van der Waals surface area contributed by atoms with Crippen molar-refractivity contribution < 1.29 is 0 Å². The van der Waals surface area contributed by atoms with Crippen molar-refractivity contribution in [1.82, 2.24) is 20.3 Å². The Morgan fingerprint density at radius 3 is 3.06 bits per heavy atom. The van der Waals surface area contributed by atoms with E-state index < -0.39 is 0 Å². The largest absolute Gasteiger partial charge is 0.308 e. The fraction of sp³-hybridized carbons (Fsp3) is 0.455. The number of hydrogen-bond donors (Lipinski definition) is 1. The molecule has 0 aliphatic carbocycles. The van der Waals surface area contributed by atoms with Gasteiger partial charge in [-0.15, -0.1) is 16.4 Å². The average Bonchev–Trinajstić information content (AvgIpc) is 2.87. The van der Waals surface area contributed by atoms with Crippen LogP contribution in [0.2, 0.25) is 0 Å². The van der Waals surface area contributed by atoms with Gasteiger partial charge in [0.25, 0.3) is 0 Å². The third-order valence-electron chi connectivity index (χ3n) is 2.37. The zero-order chi connectivity index (χ0) is 11.4. The molecule has 5 heteroatoms. The molecule has 0 fully saturated rings. The molecule has 0 amide bonds. The summed E-state index contributed by atoms with van der Waals surface area (Å²) in [6.07, 6.45) is 3.00. The normalized spacial score (nSPS) is 12.9. The predicted octanol–water partition coefficient (Wildman–Crippen LogP) is 1.60. The van der Waals surface area contributed by atoms with Crippen molar-refractivity contribution in [2.45, 2.75) is 25.9 Å². The summed E-state index contributed by atoms with van der Waals surface area (Å²) in [5, 5.41) is 13.5. The molecule has 0 saturated heterocycles. The molecule has 2 heterocycles. The topological polar surface area (TPSA) is 42.7 Å². The zero-order valence-corrected chi connectivity index (χ0v) is 10.4. The van der Waals surface area contributed by atoms with Gasteiger partial charge in [0.2, 0.25) is 0 Å². The Hall–Kier alpha value is -1.20. The molecule has 1 N–H and O–H groups in total. The Morgan fingerprint density at radius 2 is 2.44 bits per heavy atom. The van der Waals surface area contributed by atoms with Crippen molar-refractivity contribution in [1.29, 1.82) is 0 Å². The standard InChI is InChI=1S/C11H16N4S/c1-9(6-11-4-3-5-16-11)12-7-10-8-15(2)14-13-10/h3-5,8-9,12H,6-7H2,1-2H3. The lowest BCUT2D eigenvalue weighted by Gasteiger charge is -2.10. The van der Waals surface area contributed by atoms with Crippen LogP contribution in [0.3, 0.4) is 0 Å². The van der Waals surface area contributed by atoms with Gasteiger partial charge in [-0.05, 0) is 24.8 Å². The van der Waals surface area contributed by atoms with Crippen LogP contribution >= 0.6 is 11.3 Å². The monoisotopic (exact) mass is 236 g/mol. The van der Waals surface area contributed by atoms with Crippen LogP contribution in [0, 0.1) is 0 Å². The van der Waals surface area contributed by atoms with E-state index in [-0.39, 0.29) is 0 Å². The number of aromatic nitrogens is 3. The molecule has 1 atom stereocenters. The molecule has 1 unspecified atom stereocenters. The van der Waals surface area contributed by atoms with Gasteiger partial charge in [0.1, 0.15) is 0 Å². The molecular formula is C11H16N4S. The third-order valence-corrected chi connectivity index (χ3v) is 3.27. The Bertz CT molecular complexity index is 421. The fourth-order valence-electron chi connectivity index (χ4n) is 1.56. The minimum atomic E-state index is 0.459. The van der Waals surface area contributed by atoms with Gasteiger partial charge in [-0.2, -0.15) is 0 Å². The maximum atomic E-state index is 4.04. The molecular weight excluding hydrogens is 220 g/mol. The van der Waals surface area contributed by atoms with Crippen molar-refractivity contribution in [2.75, 3.05) is 0 Å². The molecule has 0 bridgehead atoms. The second-order valence-corrected chi connectivity index (χ2v) is 4.98. The second-order valence-electron chi connectivity index (χ2n) is 3.95. The number of thiophene rings is 1. The highest BCUT2D eigenvalue weighted by molar-refractivity contribution is 7.09. The molecule has 0 aromatic carbocycles. The molecule has 16 heavy (non-hydrogen) atoms. The number of nitrogens with zero attached hydrogens (tertiary/aromatic N) is 3. The van der Waals surface area contributed by atoms with Gasteiger partial charge in [-0.25, -0.2) is 0 Å². The van der Waals surface area contributed by atoms with Gasteiger partial charge in [0.15, 0.2) is 0 Å². The lowest BCUT2D eigenvalue weighted by atomic mass is 10.2. The minimum Gasteiger partial charge on any atom is -0.308 e. The van der Waals surface area contributed by atoms with E-state index in [2.05, 4.69) is 40.1 Å². The number of aryl methyl sites for hydroxylation is 1. The van der Waals surface area contributed by atoms with E-state index in [1.165, 1.54) is 4.88 Å². The van der Waals surface area contributed by atoms with E-state index in [9.17, 15) is 0 Å². The van der Waals surface area contributed by atoms with Gasteiger partial charge < -0.3 is 5.32 Å². The first-order valence-corrected chi connectivity index (χ1v) is 6.23. The SMILES string of the molecule is CC(Cc1cccs1)NCc1cn(C)nn1. The van der Waals surface area contributed by atoms with Gasteiger partial charge in [-0.3, -0.25) is 4.68 Å². The van der Waals surface area contributed by atoms with E-state index in [1.54, 1.807) is 16.0 Å². The van der Waals surface area contributed by atoms with Crippen molar-refractivity contribution >= 4 is 11.3 Å². The summed E-state index contributed by atoms with van der Waals surface area (Å²) in [5.41, 5.74) is 0.987. The predicted molar refractivity (Wildman–Crippen MR) is 65.3 cm³/mol. The van der Waals surface area contributed by atoms with Crippen LogP contribution in [0.4, 0.5) is 0 Å².